The standard InChI is InChI=1S/C12H15N3O3/c13-10(16)5-12(7-18-8-12)15-11(17)4-9-2-1-3-14-6-9/h1-3,6H,4-5,7-8H2,(H2,13,16)(H,15,17). The van der Waals surface area contributed by atoms with Crippen molar-refractivity contribution in [2.45, 2.75) is 18.4 Å². The van der Waals surface area contributed by atoms with Gasteiger partial charge in [0.05, 0.1) is 31.6 Å². The van der Waals surface area contributed by atoms with E-state index in [9.17, 15) is 9.59 Å². The van der Waals surface area contributed by atoms with Gasteiger partial charge in [0.15, 0.2) is 0 Å². The Balaban J connectivity index is 1.92. The lowest BCUT2D eigenvalue weighted by atomic mass is 9.92. The number of ether oxygens (including phenoxy) is 1. The van der Waals surface area contributed by atoms with Crippen LogP contribution in [0.15, 0.2) is 24.5 Å². The van der Waals surface area contributed by atoms with Crippen molar-refractivity contribution >= 4 is 11.8 Å². The zero-order chi connectivity index (χ0) is 13.0. The minimum atomic E-state index is -0.620. The van der Waals surface area contributed by atoms with Crippen LogP contribution in [0.25, 0.3) is 0 Å². The van der Waals surface area contributed by atoms with Crippen LogP contribution in [0.5, 0.6) is 0 Å². The number of amides is 2. The van der Waals surface area contributed by atoms with Gasteiger partial charge in [-0.05, 0) is 11.6 Å². The predicted molar refractivity (Wildman–Crippen MR) is 63.4 cm³/mol. The van der Waals surface area contributed by atoms with Gasteiger partial charge in [0.2, 0.25) is 11.8 Å². The monoisotopic (exact) mass is 249 g/mol. The van der Waals surface area contributed by atoms with Gasteiger partial charge in [-0.2, -0.15) is 0 Å². The van der Waals surface area contributed by atoms with E-state index in [2.05, 4.69) is 10.3 Å². The Morgan fingerprint density at radius 2 is 2.28 bits per heavy atom. The highest BCUT2D eigenvalue weighted by Gasteiger charge is 2.41. The second kappa shape index (κ2) is 5.14. The van der Waals surface area contributed by atoms with Crippen molar-refractivity contribution in [2.75, 3.05) is 13.2 Å². The number of hydrogen-bond acceptors (Lipinski definition) is 4. The lowest BCUT2D eigenvalue weighted by Crippen LogP contribution is -2.63. The Labute approximate surface area is 105 Å². The normalized spacial score (nSPS) is 16.7. The Bertz CT molecular complexity index is 443. The van der Waals surface area contributed by atoms with E-state index < -0.39 is 11.4 Å². The average Bonchev–Trinajstić information content (AvgIpc) is 2.26. The van der Waals surface area contributed by atoms with E-state index in [-0.39, 0.29) is 18.7 Å². The molecule has 1 fully saturated rings. The van der Waals surface area contributed by atoms with E-state index in [1.807, 2.05) is 6.07 Å². The van der Waals surface area contributed by atoms with Crippen molar-refractivity contribution in [3.8, 4) is 0 Å². The van der Waals surface area contributed by atoms with Gasteiger partial charge in [-0.1, -0.05) is 6.07 Å². The zero-order valence-electron chi connectivity index (χ0n) is 9.89. The second-order valence-electron chi connectivity index (χ2n) is 4.50. The number of carbonyl (C=O) groups excluding carboxylic acids is 2. The van der Waals surface area contributed by atoms with Crippen molar-refractivity contribution in [1.29, 1.82) is 0 Å². The summed E-state index contributed by atoms with van der Waals surface area (Å²) in [6.45, 7) is 0.656. The molecule has 1 saturated heterocycles. The summed E-state index contributed by atoms with van der Waals surface area (Å²) in [6, 6.07) is 3.60. The van der Waals surface area contributed by atoms with Crippen LogP contribution in [0.1, 0.15) is 12.0 Å². The SMILES string of the molecule is NC(=O)CC1(NC(=O)Cc2cccnc2)COC1. The number of primary amides is 1. The molecular weight excluding hydrogens is 234 g/mol. The first kappa shape index (κ1) is 12.5. The molecule has 1 aromatic heterocycles. The van der Waals surface area contributed by atoms with Crippen LogP contribution in [0.2, 0.25) is 0 Å². The van der Waals surface area contributed by atoms with Crippen LogP contribution >= 0.6 is 0 Å². The van der Waals surface area contributed by atoms with E-state index >= 15 is 0 Å². The topological polar surface area (TPSA) is 94.3 Å². The molecule has 0 unspecified atom stereocenters. The summed E-state index contributed by atoms with van der Waals surface area (Å²) in [5, 5.41) is 2.82. The lowest BCUT2D eigenvalue weighted by Gasteiger charge is -2.41. The molecule has 3 N–H and O–H groups in total. The summed E-state index contributed by atoms with van der Waals surface area (Å²) in [5.74, 6) is -0.604. The number of nitrogens with zero attached hydrogens (tertiary/aromatic N) is 1. The fourth-order valence-corrected chi connectivity index (χ4v) is 1.93. The van der Waals surface area contributed by atoms with Crippen molar-refractivity contribution < 1.29 is 14.3 Å². The van der Waals surface area contributed by atoms with Gasteiger partial charge in [0.1, 0.15) is 0 Å². The Hall–Kier alpha value is -1.95. The molecule has 0 spiro atoms. The molecule has 0 atom stereocenters. The highest BCUT2D eigenvalue weighted by molar-refractivity contribution is 5.81. The van der Waals surface area contributed by atoms with Crippen LogP contribution in [0.3, 0.4) is 0 Å². The predicted octanol–water partition coefficient (Wildman–Crippen LogP) is -0.615. The average molecular weight is 249 g/mol. The van der Waals surface area contributed by atoms with Gasteiger partial charge in [-0.15, -0.1) is 0 Å². The van der Waals surface area contributed by atoms with E-state index in [0.717, 1.165) is 5.56 Å². The summed E-state index contributed by atoms with van der Waals surface area (Å²) in [5.41, 5.74) is 5.36. The highest BCUT2D eigenvalue weighted by atomic mass is 16.5. The van der Waals surface area contributed by atoms with Crippen molar-refractivity contribution in [3.63, 3.8) is 0 Å². The molecule has 1 aromatic rings. The van der Waals surface area contributed by atoms with Gasteiger partial charge in [-0.25, -0.2) is 0 Å². The molecule has 2 rings (SSSR count). The molecule has 1 aliphatic rings. The summed E-state index contributed by atoms with van der Waals surface area (Å²) in [6.07, 6.45) is 3.62. The van der Waals surface area contributed by atoms with Crippen LogP contribution in [0.4, 0.5) is 0 Å². The molecule has 0 aliphatic carbocycles. The van der Waals surface area contributed by atoms with E-state index in [0.29, 0.717) is 13.2 Å². The maximum absolute atomic E-state index is 11.9. The number of nitrogens with two attached hydrogens (primary N) is 1. The minimum absolute atomic E-state index is 0.103. The number of hydrogen-bond donors (Lipinski definition) is 2. The summed E-state index contributed by atoms with van der Waals surface area (Å²) in [4.78, 5) is 26.7. The van der Waals surface area contributed by atoms with Crippen LogP contribution in [0, 0.1) is 0 Å². The number of rotatable bonds is 5. The van der Waals surface area contributed by atoms with E-state index in [1.54, 1.807) is 18.5 Å². The molecule has 0 radical (unpaired) electrons. The van der Waals surface area contributed by atoms with Crippen molar-refractivity contribution in [3.05, 3.63) is 30.1 Å². The fraction of sp³-hybridized carbons (Fsp3) is 0.417. The second-order valence-corrected chi connectivity index (χ2v) is 4.50. The first-order chi connectivity index (χ1) is 8.60. The molecule has 6 heteroatoms. The molecule has 2 amide bonds. The lowest BCUT2D eigenvalue weighted by molar-refractivity contribution is -0.138. The van der Waals surface area contributed by atoms with Gasteiger partial charge in [-0.3, -0.25) is 14.6 Å². The molecule has 0 bridgehead atoms. The highest BCUT2D eigenvalue weighted by Crippen LogP contribution is 2.21. The molecule has 0 saturated carbocycles. The number of carbonyl (C=O) groups is 2. The van der Waals surface area contributed by atoms with Crippen molar-refractivity contribution in [1.82, 2.24) is 10.3 Å². The Kier molecular flexibility index (Phi) is 3.57. The first-order valence-corrected chi connectivity index (χ1v) is 5.66. The summed E-state index contributed by atoms with van der Waals surface area (Å²) < 4.78 is 5.06. The largest absolute Gasteiger partial charge is 0.376 e. The minimum Gasteiger partial charge on any atom is -0.376 e. The third-order valence-corrected chi connectivity index (χ3v) is 2.76. The molecule has 2 heterocycles. The van der Waals surface area contributed by atoms with Gasteiger partial charge >= 0.3 is 0 Å². The van der Waals surface area contributed by atoms with Crippen molar-refractivity contribution in [2.24, 2.45) is 5.73 Å². The first-order valence-electron chi connectivity index (χ1n) is 5.66. The molecule has 1 aliphatic heterocycles. The molecule has 6 nitrogen and oxygen atoms in total. The fourth-order valence-electron chi connectivity index (χ4n) is 1.93. The quantitative estimate of drug-likeness (QED) is 0.727. The zero-order valence-corrected chi connectivity index (χ0v) is 9.89. The van der Waals surface area contributed by atoms with Gasteiger partial charge in [0.25, 0.3) is 0 Å². The molecule has 96 valence electrons. The van der Waals surface area contributed by atoms with Gasteiger partial charge in [0, 0.05) is 12.4 Å². The van der Waals surface area contributed by atoms with Crippen LogP contribution in [-0.4, -0.2) is 35.6 Å². The Morgan fingerprint density at radius 3 is 2.78 bits per heavy atom. The number of nitrogens with one attached hydrogen (secondary N) is 1. The maximum Gasteiger partial charge on any atom is 0.225 e. The summed E-state index contributed by atoms with van der Waals surface area (Å²) >= 11 is 0. The third-order valence-electron chi connectivity index (χ3n) is 2.76. The molecule has 0 aromatic carbocycles. The molecular formula is C12H15N3O3. The van der Waals surface area contributed by atoms with E-state index in [4.69, 9.17) is 10.5 Å². The summed E-state index contributed by atoms with van der Waals surface area (Å²) in [7, 11) is 0. The van der Waals surface area contributed by atoms with Crippen LogP contribution < -0.4 is 11.1 Å². The third kappa shape index (κ3) is 3.04. The number of pyridine rings is 1. The van der Waals surface area contributed by atoms with E-state index in [1.165, 1.54) is 0 Å². The van der Waals surface area contributed by atoms with Gasteiger partial charge < -0.3 is 15.8 Å². The maximum atomic E-state index is 11.9. The Morgan fingerprint density at radius 1 is 1.50 bits per heavy atom. The smallest absolute Gasteiger partial charge is 0.225 e. The van der Waals surface area contributed by atoms with Crippen LogP contribution in [-0.2, 0) is 20.7 Å². The number of aromatic nitrogens is 1. The molecule has 18 heavy (non-hydrogen) atoms.